The van der Waals surface area contributed by atoms with Gasteiger partial charge in [0.2, 0.25) is 0 Å². The van der Waals surface area contributed by atoms with Gasteiger partial charge in [-0.25, -0.2) is 0 Å². The first-order valence-corrected chi connectivity index (χ1v) is 6.38. The molecule has 14 heavy (non-hydrogen) atoms. The van der Waals surface area contributed by atoms with Gasteiger partial charge in [-0.15, -0.1) is 0 Å². The van der Waals surface area contributed by atoms with Crippen molar-refractivity contribution in [3.05, 3.63) is 0 Å². The van der Waals surface area contributed by atoms with E-state index in [9.17, 15) is 0 Å². The highest BCUT2D eigenvalue weighted by Gasteiger charge is 1.90. The lowest BCUT2D eigenvalue weighted by molar-refractivity contribution is 0.0185. The number of nitrogens with one attached hydrogen (secondary N) is 1. The van der Waals surface area contributed by atoms with Crippen molar-refractivity contribution in [2.45, 2.75) is 0 Å². The van der Waals surface area contributed by atoms with E-state index < -0.39 is 0 Å². The van der Waals surface area contributed by atoms with Crippen LogP contribution in [0.1, 0.15) is 0 Å². The average Bonchev–Trinajstić information content (AvgIpc) is 2.21. The summed E-state index contributed by atoms with van der Waals surface area (Å²) in [6.45, 7) is 5.09. The summed E-state index contributed by atoms with van der Waals surface area (Å²) in [6, 6.07) is 0. The van der Waals surface area contributed by atoms with Crippen molar-refractivity contribution in [1.29, 1.82) is 0 Å². The van der Waals surface area contributed by atoms with Crippen molar-refractivity contribution in [3.8, 4) is 0 Å². The van der Waals surface area contributed by atoms with E-state index in [1.807, 2.05) is 7.05 Å². The van der Waals surface area contributed by atoms with Gasteiger partial charge >= 0.3 is 0 Å². The van der Waals surface area contributed by atoms with E-state index in [-0.39, 0.29) is 0 Å². The second-order valence-corrected chi connectivity index (χ2v) is 3.71. The third-order valence-corrected chi connectivity index (χ3v) is 1.90. The molecule has 0 aromatic carbocycles. The van der Waals surface area contributed by atoms with Crippen LogP contribution in [0.2, 0.25) is 0 Å². The van der Waals surface area contributed by atoms with Crippen LogP contribution in [0.3, 0.4) is 0 Å². The van der Waals surface area contributed by atoms with Crippen molar-refractivity contribution in [1.82, 2.24) is 5.32 Å². The zero-order valence-electron chi connectivity index (χ0n) is 8.76. The van der Waals surface area contributed by atoms with E-state index in [2.05, 4.69) is 27.9 Å². The van der Waals surface area contributed by atoms with Gasteiger partial charge in [0, 0.05) is 11.0 Å². The van der Waals surface area contributed by atoms with E-state index in [1.165, 1.54) is 0 Å². The third-order valence-electron chi connectivity index (χ3n) is 1.46. The number of rotatable bonds is 11. The summed E-state index contributed by atoms with van der Waals surface area (Å²) < 4.78 is 16.8. The molecule has 5 heteroatoms. The summed E-state index contributed by atoms with van der Waals surface area (Å²) in [5, 5.41) is 3.01. The highest BCUT2D eigenvalue weighted by Crippen LogP contribution is 1.84. The molecule has 0 saturated heterocycles. The Morgan fingerprint density at radius 1 is 0.857 bits per heavy atom. The Morgan fingerprint density at radius 2 is 1.36 bits per heavy atom. The molecule has 4 nitrogen and oxygen atoms in total. The van der Waals surface area contributed by atoms with E-state index in [0.29, 0.717) is 26.4 Å². The fourth-order valence-electron chi connectivity index (χ4n) is 0.771. The van der Waals surface area contributed by atoms with Crippen LogP contribution in [0.25, 0.3) is 0 Å². The van der Waals surface area contributed by atoms with E-state index >= 15 is 0 Å². The first-order valence-electron chi connectivity index (χ1n) is 4.85. The molecule has 0 fully saturated rings. The van der Waals surface area contributed by atoms with Crippen molar-refractivity contribution < 1.29 is 14.2 Å². The minimum absolute atomic E-state index is 0.650. The molecule has 86 valence electrons. The summed E-state index contributed by atoms with van der Waals surface area (Å²) in [5.41, 5.74) is 0. The molecule has 0 spiro atoms. The van der Waals surface area contributed by atoms with Gasteiger partial charge in [0.15, 0.2) is 0 Å². The second kappa shape index (κ2) is 13.6. The van der Waals surface area contributed by atoms with Crippen LogP contribution in [-0.4, -0.2) is 57.7 Å². The Bertz CT molecular complexity index is 94.1. The summed E-state index contributed by atoms with van der Waals surface area (Å²) in [5.74, 6) is 0. The molecule has 0 unspecified atom stereocenters. The predicted molar refractivity (Wildman–Crippen MR) is 65.3 cm³/mol. The molecule has 0 aliphatic carbocycles. The molecule has 0 bridgehead atoms. The normalized spacial score (nSPS) is 10.7. The largest absolute Gasteiger partial charge is 0.378 e. The Hall–Kier alpha value is 0.570. The molecular weight excluding hydrogens is 297 g/mol. The topological polar surface area (TPSA) is 39.7 Å². The lowest BCUT2D eigenvalue weighted by atomic mass is 10.6. The number of halogens is 1. The summed E-state index contributed by atoms with van der Waals surface area (Å²) in [6.07, 6.45) is 0. The maximum atomic E-state index is 5.29. The lowest BCUT2D eigenvalue weighted by Gasteiger charge is -2.05. The number of alkyl halides is 1. The maximum absolute atomic E-state index is 5.29. The Morgan fingerprint density at radius 3 is 1.86 bits per heavy atom. The molecule has 0 saturated carbocycles. The SMILES string of the molecule is CNCCOCCOCCOCCI. The van der Waals surface area contributed by atoms with Crippen LogP contribution in [0, 0.1) is 0 Å². The van der Waals surface area contributed by atoms with Gasteiger partial charge < -0.3 is 19.5 Å². The van der Waals surface area contributed by atoms with Crippen molar-refractivity contribution in [2.75, 3.05) is 57.7 Å². The lowest BCUT2D eigenvalue weighted by Crippen LogP contribution is -2.16. The quantitative estimate of drug-likeness (QED) is 0.346. The number of hydrogen-bond acceptors (Lipinski definition) is 4. The molecule has 0 aromatic heterocycles. The van der Waals surface area contributed by atoms with Crippen LogP contribution in [0.15, 0.2) is 0 Å². The smallest absolute Gasteiger partial charge is 0.0701 e. The van der Waals surface area contributed by atoms with Gasteiger partial charge in [0.25, 0.3) is 0 Å². The van der Waals surface area contributed by atoms with Crippen LogP contribution in [-0.2, 0) is 14.2 Å². The summed E-state index contributed by atoms with van der Waals surface area (Å²) in [4.78, 5) is 0. The van der Waals surface area contributed by atoms with Gasteiger partial charge in [0.1, 0.15) is 0 Å². The third kappa shape index (κ3) is 12.6. The van der Waals surface area contributed by atoms with E-state index in [0.717, 1.165) is 24.2 Å². The second-order valence-electron chi connectivity index (χ2n) is 2.63. The molecule has 1 N–H and O–H groups in total. The zero-order valence-corrected chi connectivity index (χ0v) is 10.9. The molecule has 0 aliphatic rings. The van der Waals surface area contributed by atoms with Crippen LogP contribution in [0.4, 0.5) is 0 Å². The molecule has 0 aromatic rings. The molecule has 0 radical (unpaired) electrons. The Labute approximate surface area is 99.8 Å². The molecule has 0 amide bonds. The predicted octanol–water partition coefficient (Wildman–Crippen LogP) is 0.691. The van der Waals surface area contributed by atoms with Gasteiger partial charge in [-0.05, 0) is 7.05 Å². The van der Waals surface area contributed by atoms with Crippen molar-refractivity contribution in [3.63, 3.8) is 0 Å². The van der Waals surface area contributed by atoms with Gasteiger partial charge in [0.05, 0.1) is 39.6 Å². The monoisotopic (exact) mass is 317 g/mol. The highest BCUT2D eigenvalue weighted by atomic mass is 127. The first kappa shape index (κ1) is 14.6. The average molecular weight is 317 g/mol. The molecule has 0 heterocycles. The number of likely N-dealkylation sites (N-methyl/N-ethyl adjacent to an activating group) is 1. The number of ether oxygens (including phenoxy) is 3. The Kier molecular flexibility index (Phi) is 14.1. The van der Waals surface area contributed by atoms with E-state index in [4.69, 9.17) is 14.2 Å². The van der Waals surface area contributed by atoms with Gasteiger partial charge in [-0.1, -0.05) is 22.6 Å². The minimum atomic E-state index is 0.650. The molecule has 0 rings (SSSR count). The van der Waals surface area contributed by atoms with Crippen LogP contribution >= 0.6 is 22.6 Å². The molecule has 0 atom stereocenters. The Balaban J connectivity index is 2.78. The maximum Gasteiger partial charge on any atom is 0.0701 e. The van der Waals surface area contributed by atoms with Gasteiger partial charge in [-0.3, -0.25) is 0 Å². The molecule has 0 aliphatic heterocycles. The van der Waals surface area contributed by atoms with Gasteiger partial charge in [-0.2, -0.15) is 0 Å². The van der Waals surface area contributed by atoms with E-state index in [1.54, 1.807) is 0 Å². The minimum Gasteiger partial charge on any atom is -0.378 e. The standard InChI is InChI=1S/C9H20INO3/c1-11-3-5-13-7-9-14-8-6-12-4-2-10/h11H,2-9H2,1H3. The fraction of sp³-hybridized carbons (Fsp3) is 1.00. The number of hydrogen-bond donors (Lipinski definition) is 1. The van der Waals surface area contributed by atoms with Crippen LogP contribution in [0.5, 0.6) is 0 Å². The highest BCUT2D eigenvalue weighted by molar-refractivity contribution is 14.1. The summed E-state index contributed by atoms with van der Waals surface area (Å²) in [7, 11) is 1.91. The first-order chi connectivity index (χ1) is 6.91. The molecular formula is C9H20INO3. The summed E-state index contributed by atoms with van der Waals surface area (Å²) >= 11 is 2.28. The van der Waals surface area contributed by atoms with Crippen molar-refractivity contribution >= 4 is 22.6 Å². The van der Waals surface area contributed by atoms with Crippen LogP contribution < -0.4 is 5.32 Å². The van der Waals surface area contributed by atoms with Crippen molar-refractivity contribution in [2.24, 2.45) is 0 Å². The zero-order chi connectivity index (χ0) is 10.5. The fourth-order valence-corrected chi connectivity index (χ4v) is 1.08.